The summed E-state index contributed by atoms with van der Waals surface area (Å²) < 4.78 is 10.1. The number of ether oxygens (including phenoxy) is 2. The minimum absolute atomic E-state index is 0.0849. The van der Waals surface area contributed by atoms with Crippen LogP contribution < -0.4 is 20.7 Å². The molecular formula is C34H39N5O10. The van der Waals surface area contributed by atoms with E-state index >= 15 is 0 Å². The van der Waals surface area contributed by atoms with Gasteiger partial charge in [-0.25, -0.2) is 4.79 Å². The Morgan fingerprint density at radius 3 is 2.06 bits per heavy atom. The van der Waals surface area contributed by atoms with Gasteiger partial charge in [-0.2, -0.15) is 0 Å². The smallest absolute Gasteiger partial charge is 0.429 e. The Bertz CT molecular complexity index is 1580. The Morgan fingerprint density at radius 1 is 0.878 bits per heavy atom. The Labute approximate surface area is 282 Å². The molecule has 49 heavy (non-hydrogen) atoms. The summed E-state index contributed by atoms with van der Waals surface area (Å²) in [5.74, 6) is -2.21. The summed E-state index contributed by atoms with van der Waals surface area (Å²) in [6.07, 6.45) is 4.02. The van der Waals surface area contributed by atoms with Gasteiger partial charge in [-0.3, -0.25) is 39.0 Å². The molecule has 260 valence electrons. The van der Waals surface area contributed by atoms with Crippen LogP contribution in [0.4, 0.5) is 16.2 Å². The van der Waals surface area contributed by atoms with Gasteiger partial charge in [-0.05, 0) is 74.3 Å². The van der Waals surface area contributed by atoms with E-state index < -0.39 is 35.0 Å². The maximum Gasteiger partial charge on any atom is 0.514 e. The first kappa shape index (κ1) is 36.2. The van der Waals surface area contributed by atoms with Crippen molar-refractivity contribution in [1.82, 2.24) is 15.5 Å². The fourth-order valence-electron chi connectivity index (χ4n) is 5.49. The van der Waals surface area contributed by atoms with Gasteiger partial charge >= 0.3 is 6.16 Å². The Morgan fingerprint density at radius 2 is 1.49 bits per heavy atom. The van der Waals surface area contributed by atoms with Gasteiger partial charge in [0.15, 0.2) is 0 Å². The molecule has 1 heterocycles. The van der Waals surface area contributed by atoms with Crippen LogP contribution >= 0.6 is 0 Å². The quantitative estimate of drug-likeness (QED) is 0.0924. The molecule has 2 aromatic rings. The molecule has 1 fully saturated rings. The van der Waals surface area contributed by atoms with E-state index in [1.807, 2.05) is 0 Å². The summed E-state index contributed by atoms with van der Waals surface area (Å²) in [7, 11) is 0. The van der Waals surface area contributed by atoms with Crippen molar-refractivity contribution in [3.05, 3.63) is 76.4 Å². The molecule has 2 aliphatic rings. The number of nitrogens with zero attached hydrogens (tertiary/aromatic N) is 2. The summed E-state index contributed by atoms with van der Waals surface area (Å²) >= 11 is 0. The second-order valence-corrected chi connectivity index (χ2v) is 12.4. The highest BCUT2D eigenvalue weighted by atomic mass is 16.7. The largest absolute Gasteiger partial charge is 0.514 e. The van der Waals surface area contributed by atoms with Crippen molar-refractivity contribution >= 4 is 47.1 Å². The molecule has 15 heteroatoms. The molecule has 0 aromatic heterocycles. The van der Waals surface area contributed by atoms with E-state index in [1.165, 1.54) is 48.2 Å². The van der Waals surface area contributed by atoms with Gasteiger partial charge < -0.3 is 25.4 Å². The van der Waals surface area contributed by atoms with Gasteiger partial charge in [0, 0.05) is 42.4 Å². The van der Waals surface area contributed by atoms with E-state index in [-0.39, 0.29) is 53.5 Å². The number of amides is 5. The van der Waals surface area contributed by atoms with Crippen molar-refractivity contribution in [3.63, 3.8) is 0 Å². The first-order valence-electron chi connectivity index (χ1n) is 15.9. The molecule has 1 aliphatic heterocycles. The molecule has 0 saturated heterocycles. The van der Waals surface area contributed by atoms with E-state index in [2.05, 4.69) is 16.0 Å². The van der Waals surface area contributed by atoms with E-state index in [0.717, 1.165) is 0 Å². The molecule has 2 atom stereocenters. The third kappa shape index (κ3) is 10.2. The summed E-state index contributed by atoms with van der Waals surface area (Å²) in [4.78, 5) is 86.2. The number of anilines is 1. The van der Waals surface area contributed by atoms with Crippen molar-refractivity contribution in [2.24, 2.45) is 17.8 Å². The molecule has 5 amide bonds. The number of nitro benzene ring substituents is 1. The van der Waals surface area contributed by atoms with Crippen LogP contribution in [0.3, 0.4) is 0 Å². The number of carbonyl (C=O) groups is 6. The first-order valence-corrected chi connectivity index (χ1v) is 15.9. The van der Waals surface area contributed by atoms with E-state index in [9.17, 15) is 38.9 Å². The average molecular weight is 678 g/mol. The lowest BCUT2D eigenvalue weighted by molar-refractivity contribution is -0.384. The van der Waals surface area contributed by atoms with Crippen LogP contribution in [-0.4, -0.2) is 64.1 Å². The fourth-order valence-corrected chi connectivity index (χ4v) is 5.49. The number of rotatable bonds is 13. The Kier molecular flexibility index (Phi) is 12.2. The van der Waals surface area contributed by atoms with E-state index in [1.54, 1.807) is 38.1 Å². The zero-order valence-electron chi connectivity index (χ0n) is 27.4. The van der Waals surface area contributed by atoms with Gasteiger partial charge in [0.2, 0.25) is 17.7 Å². The Hall–Kier alpha value is -5.60. The number of nitro groups is 1. The number of non-ortho nitro benzene ring substituents is 1. The van der Waals surface area contributed by atoms with Crippen LogP contribution in [0.25, 0.3) is 0 Å². The topological polar surface area (TPSA) is 203 Å². The zero-order chi connectivity index (χ0) is 35.7. The standard InChI is InChI=1S/C34H39N5O10/c1-20(2)30(37-32(43)24-8-4-22(5-9-24)18-38-28(40)16-17-29(38)41)33(44)35-21(3)31(42)36-25-10-6-23(7-11-25)19-48-34(45)49-27-14-12-26(13-15-27)39(46)47/h6-7,10-17,20-22,24,30H,4-5,8-9,18-19H2,1-3H3,(H,35,44)(H,36,42)(H,37,43)/t21-,22?,24?,30-/m0/s1. The number of hydrogen-bond donors (Lipinski definition) is 3. The van der Waals surface area contributed by atoms with Crippen molar-refractivity contribution in [2.45, 2.75) is 65.1 Å². The zero-order valence-corrected chi connectivity index (χ0v) is 27.4. The monoisotopic (exact) mass is 677 g/mol. The molecular weight excluding hydrogens is 638 g/mol. The maximum atomic E-state index is 13.1. The van der Waals surface area contributed by atoms with E-state index in [4.69, 9.17) is 9.47 Å². The van der Waals surface area contributed by atoms with Gasteiger partial charge in [-0.15, -0.1) is 0 Å². The predicted octanol–water partition coefficient (Wildman–Crippen LogP) is 3.63. The normalized spacial score (nSPS) is 18.4. The molecule has 0 spiro atoms. The van der Waals surface area contributed by atoms with Gasteiger partial charge in [0.05, 0.1) is 4.92 Å². The molecule has 3 N–H and O–H groups in total. The lowest BCUT2D eigenvalue weighted by Crippen LogP contribution is -2.54. The number of nitrogens with one attached hydrogen (secondary N) is 3. The minimum Gasteiger partial charge on any atom is -0.429 e. The summed E-state index contributed by atoms with van der Waals surface area (Å²) in [5, 5.41) is 19.0. The lowest BCUT2D eigenvalue weighted by Gasteiger charge is -2.31. The minimum atomic E-state index is -0.998. The number of benzene rings is 2. The molecule has 1 aliphatic carbocycles. The van der Waals surface area contributed by atoms with Crippen LogP contribution in [0.1, 0.15) is 52.0 Å². The van der Waals surface area contributed by atoms with Crippen LogP contribution in [0.5, 0.6) is 5.75 Å². The van der Waals surface area contributed by atoms with Crippen molar-refractivity contribution in [1.29, 1.82) is 0 Å². The first-order chi connectivity index (χ1) is 23.3. The molecule has 0 bridgehead atoms. The van der Waals surface area contributed by atoms with Crippen molar-refractivity contribution in [2.75, 3.05) is 11.9 Å². The average Bonchev–Trinajstić information content (AvgIpc) is 3.39. The molecule has 1 saturated carbocycles. The van der Waals surface area contributed by atoms with Gasteiger partial charge in [0.25, 0.3) is 17.5 Å². The second-order valence-electron chi connectivity index (χ2n) is 12.4. The maximum absolute atomic E-state index is 13.1. The molecule has 2 aromatic carbocycles. The number of hydrogen-bond acceptors (Lipinski definition) is 10. The predicted molar refractivity (Wildman–Crippen MR) is 175 cm³/mol. The highest BCUT2D eigenvalue weighted by Gasteiger charge is 2.34. The van der Waals surface area contributed by atoms with Crippen LogP contribution in [0.15, 0.2) is 60.7 Å². The van der Waals surface area contributed by atoms with Gasteiger partial charge in [0.1, 0.15) is 24.4 Å². The molecule has 4 rings (SSSR count). The number of carbonyl (C=O) groups excluding carboxylic acids is 6. The third-order valence-corrected chi connectivity index (χ3v) is 8.38. The highest BCUT2D eigenvalue weighted by Crippen LogP contribution is 2.30. The van der Waals surface area contributed by atoms with Crippen LogP contribution in [0, 0.1) is 27.9 Å². The van der Waals surface area contributed by atoms with Crippen LogP contribution in [0.2, 0.25) is 0 Å². The van der Waals surface area contributed by atoms with E-state index in [0.29, 0.717) is 43.5 Å². The fraction of sp³-hybridized carbons (Fsp3) is 0.412. The van der Waals surface area contributed by atoms with Crippen molar-refractivity contribution < 1.29 is 43.2 Å². The van der Waals surface area contributed by atoms with Gasteiger partial charge in [-0.1, -0.05) is 26.0 Å². The summed E-state index contributed by atoms with van der Waals surface area (Å²) in [5.41, 5.74) is 0.882. The molecule has 0 radical (unpaired) electrons. The third-order valence-electron chi connectivity index (χ3n) is 8.38. The summed E-state index contributed by atoms with van der Waals surface area (Å²) in [6, 6.07) is 9.59. The Balaban J connectivity index is 1.19. The number of imide groups is 1. The van der Waals surface area contributed by atoms with Crippen LogP contribution in [-0.2, 0) is 35.3 Å². The molecule has 15 nitrogen and oxygen atoms in total. The molecule has 0 unspecified atom stereocenters. The second kappa shape index (κ2) is 16.5. The highest BCUT2D eigenvalue weighted by molar-refractivity contribution is 6.12. The SMILES string of the molecule is CC(C)[C@H](NC(=O)C1CCC(CN2C(=O)C=CC2=O)CC1)C(=O)N[C@@H](C)C(=O)Nc1ccc(COC(=O)Oc2ccc([N+](=O)[O-])cc2)cc1. The lowest BCUT2D eigenvalue weighted by atomic mass is 9.81. The summed E-state index contributed by atoms with van der Waals surface area (Å²) in [6.45, 7) is 5.32. The van der Waals surface area contributed by atoms with Crippen molar-refractivity contribution in [3.8, 4) is 5.75 Å².